The normalized spacial score (nSPS) is 10.7. The van der Waals surface area contributed by atoms with Crippen molar-refractivity contribution in [2.24, 2.45) is 0 Å². The molecule has 0 aliphatic carbocycles. The van der Waals surface area contributed by atoms with Gasteiger partial charge in [-0.1, -0.05) is 17.7 Å². The summed E-state index contributed by atoms with van der Waals surface area (Å²) >= 11 is 6.03. The molecule has 0 fully saturated rings. The minimum absolute atomic E-state index is 0.0498. The summed E-state index contributed by atoms with van der Waals surface area (Å²) in [5.74, 6) is 0.362. The number of halogens is 1. The highest BCUT2D eigenvalue weighted by Gasteiger charge is 2.11. The van der Waals surface area contributed by atoms with Crippen molar-refractivity contribution < 1.29 is 9.53 Å². The maximum absolute atomic E-state index is 12.5. The molecule has 1 amide bonds. The van der Waals surface area contributed by atoms with E-state index < -0.39 is 0 Å². The predicted octanol–water partition coefficient (Wildman–Crippen LogP) is 3.61. The minimum Gasteiger partial charge on any atom is -0.495 e. The monoisotopic (exact) mass is 356 g/mol. The lowest BCUT2D eigenvalue weighted by Crippen LogP contribution is -2.20. The molecule has 2 aromatic carbocycles. The summed E-state index contributed by atoms with van der Waals surface area (Å²) in [6, 6.07) is 12.0. The Labute approximate surface area is 149 Å². The SMILES string of the molecule is COc1ccc(C)cc1NC(=O)Cn1ccc(=O)c2ccc(Cl)cc21. The topological polar surface area (TPSA) is 60.3 Å². The molecule has 0 aliphatic rings. The Morgan fingerprint density at radius 2 is 2.00 bits per heavy atom. The second-order valence-corrected chi connectivity index (χ2v) is 6.16. The third kappa shape index (κ3) is 3.67. The van der Waals surface area contributed by atoms with E-state index in [1.165, 1.54) is 6.07 Å². The molecule has 5 nitrogen and oxygen atoms in total. The van der Waals surface area contributed by atoms with Crippen molar-refractivity contribution in [1.29, 1.82) is 0 Å². The van der Waals surface area contributed by atoms with Crippen molar-refractivity contribution in [2.45, 2.75) is 13.5 Å². The molecule has 0 saturated carbocycles. The fraction of sp³-hybridized carbons (Fsp3) is 0.158. The van der Waals surface area contributed by atoms with E-state index in [4.69, 9.17) is 16.3 Å². The van der Waals surface area contributed by atoms with Gasteiger partial charge in [0.1, 0.15) is 12.3 Å². The van der Waals surface area contributed by atoms with Crippen molar-refractivity contribution in [2.75, 3.05) is 12.4 Å². The van der Waals surface area contributed by atoms with E-state index in [0.717, 1.165) is 5.56 Å². The van der Waals surface area contributed by atoms with Crippen LogP contribution in [0.2, 0.25) is 5.02 Å². The molecule has 1 aromatic heterocycles. The van der Waals surface area contributed by atoms with Gasteiger partial charge in [-0.25, -0.2) is 0 Å². The fourth-order valence-corrected chi connectivity index (χ4v) is 2.85. The van der Waals surface area contributed by atoms with Gasteiger partial charge in [0.2, 0.25) is 5.91 Å². The third-order valence-electron chi connectivity index (χ3n) is 3.88. The second kappa shape index (κ2) is 6.99. The van der Waals surface area contributed by atoms with E-state index in [0.29, 0.717) is 27.4 Å². The molecule has 0 aliphatic heterocycles. The number of ether oxygens (including phenoxy) is 1. The van der Waals surface area contributed by atoms with E-state index in [2.05, 4.69) is 5.32 Å². The highest BCUT2D eigenvalue weighted by Crippen LogP contribution is 2.25. The number of benzene rings is 2. The maximum atomic E-state index is 12.5. The first-order chi connectivity index (χ1) is 12.0. The van der Waals surface area contributed by atoms with Crippen molar-refractivity contribution in [1.82, 2.24) is 4.57 Å². The average Bonchev–Trinajstić information content (AvgIpc) is 2.57. The molecule has 25 heavy (non-hydrogen) atoms. The number of anilines is 1. The number of nitrogens with one attached hydrogen (secondary N) is 1. The summed E-state index contributed by atoms with van der Waals surface area (Å²) in [5.41, 5.74) is 2.13. The number of hydrogen-bond acceptors (Lipinski definition) is 3. The number of amides is 1. The van der Waals surface area contributed by atoms with E-state index in [9.17, 15) is 9.59 Å². The fourth-order valence-electron chi connectivity index (χ4n) is 2.68. The molecule has 3 aromatic rings. The molecule has 1 heterocycles. The smallest absolute Gasteiger partial charge is 0.244 e. The second-order valence-electron chi connectivity index (χ2n) is 5.72. The molecule has 0 saturated heterocycles. The highest BCUT2D eigenvalue weighted by molar-refractivity contribution is 6.31. The van der Waals surface area contributed by atoms with Gasteiger partial charge in [0.15, 0.2) is 5.43 Å². The first kappa shape index (κ1) is 17.0. The van der Waals surface area contributed by atoms with Crippen LogP contribution in [0.5, 0.6) is 5.75 Å². The Hall–Kier alpha value is -2.79. The summed E-state index contributed by atoms with van der Waals surface area (Å²) in [7, 11) is 1.55. The van der Waals surface area contributed by atoms with Gasteiger partial charge in [-0.2, -0.15) is 0 Å². The molecular weight excluding hydrogens is 340 g/mol. The van der Waals surface area contributed by atoms with Crippen LogP contribution in [0, 0.1) is 6.92 Å². The van der Waals surface area contributed by atoms with Gasteiger partial charge in [-0.15, -0.1) is 0 Å². The summed E-state index contributed by atoms with van der Waals surface area (Å²) in [5, 5.41) is 3.88. The number of nitrogens with zero attached hydrogens (tertiary/aromatic N) is 1. The van der Waals surface area contributed by atoms with Gasteiger partial charge < -0.3 is 14.6 Å². The number of methoxy groups -OCH3 is 1. The molecule has 0 radical (unpaired) electrons. The summed E-state index contributed by atoms with van der Waals surface area (Å²) in [4.78, 5) is 24.4. The van der Waals surface area contributed by atoms with Gasteiger partial charge >= 0.3 is 0 Å². The number of carbonyl (C=O) groups is 1. The van der Waals surface area contributed by atoms with Crippen LogP contribution in [0.1, 0.15) is 5.56 Å². The molecule has 0 atom stereocenters. The zero-order valence-electron chi connectivity index (χ0n) is 13.9. The molecular formula is C19H17ClN2O3. The van der Waals surface area contributed by atoms with Gasteiger partial charge in [-0.05, 0) is 42.8 Å². The Balaban J connectivity index is 1.91. The van der Waals surface area contributed by atoms with Crippen LogP contribution >= 0.6 is 11.6 Å². The quantitative estimate of drug-likeness (QED) is 0.776. The molecule has 3 rings (SSSR count). The molecule has 128 valence electrons. The van der Waals surface area contributed by atoms with Crippen molar-refractivity contribution in [3.05, 3.63) is 69.5 Å². The van der Waals surface area contributed by atoms with Crippen LogP contribution < -0.4 is 15.5 Å². The van der Waals surface area contributed by atoms with Crippen LogP contribution in [0.3, 0.4) is 0 Å². The first-order valence-corrected chi connectivity index (χ1v) is 8.09. The van der Waals surface area contributed by atoms with Crippen LogP contribution in [-0.2, 0) is 11.3 Å². The van der Waals surface area contributed by atoms with Crippen LogP contribution in [0.4, 0.5) is 5.69 Å². The van der Waals surface area contributed by atoms with Crippen LogP contribution in [0.25, 0.3) is 10.9 Å². The van der Waals surface area contributed by atoms with Crippen molar-refractivity contribution >= 4 is 34.1 Å². The lowest BCUT2D eigenvalue weighted by molar-refractivity contribution is -0.116. The molecule has 0 bridgehead atoms. The summed E-state index contributed by atoms with van der Waals surface area (Å²) in [6.45, 7) is 1.99. The van der Waals surface area contributed by atoms with Crippen LogP contribution in [-0.4, -0.2) is 17.6 Å². The first-order valence-electron chi connectivity index (χ1n) is 7.71. The minimum atomic E-state index is -0.228. The zero-order chi connectivity index (χ0) is 18.0. The molecule has 0 spiro atoms. The predicted molar refractivity (Wildman–Crippen MR) is 99.6 cm³/mol. The Bertz CT molecular complexity index is 1010. The largest absolute Gasteiger partial charge is 0.495 e. The van der Waals surface area contributed by atoms with E-state index in [-0.39, 0.29) is 17.9 Å². The highest BCUT2D eigenvalue weighted by atomic mass is 35.5. The van der Waals surface area contributed by atoms with E-state index in [1.54, 1.807) is 42.1 Å². The maximum Gasteiger partial charge on any atom is 0.244 e. The number of fused-ring (bicyclic) bond motifs is 1. The average molecular weight is 357 g/mol. The Morgan fingerprint density at radius 3 is 2.76 bits per heavy atom. The van der Waals surface area contributed by atoms with E-state index >= 15 is 0 Å². The number of hydrogen-bond donors (Lipinski definition) is 1. The molecule has 6 heteroatoms. The standard InChI is InChI=1S/C19H17ClN2O3/c1-12-3-6-18(25-2)15(9-12)21-19(24)11-22-8-7-17(23)14-5-4-13(20)10-16(14)22/h3-10H,11H2,1-2H3,(H,21,24). The number of pyridine rings is 1. The van der Waals surface area contributed by atoms with Gasteiger partial charge in [0.25, 0.3) is 0 Å². The number of carbonyl (C=O) groups excluding carboxylic acids is 1. The number of rotatable bonds is 4. The zero-order valence-corrected chi connectivity index (χ0v) is 14.6. The molecule has 1 N–H and O–H groups in total. The number of aryl methyl sites for hydroxylation is 1. The lowest BCUT2D eigenvalue weighted by atomic mass is 10.2. The van der Waals surface area contributed by atoms with Gasteiger partial charge in [0, 0.05) is 22.7 Å². The third-order valence-corrected chi connectivity index (χ3v) is 4.12. The van der Waals surface area contributed by atoms with E-state index in [1.807, 2.05) is 19.1 Å². The van der Waals surface area contributed by atoms with Crippen molar-refractivity contribution in [3.8, 4) is 5.75 Å². The summed E-state index contributed by atoms with van der Waals surface area (Å²) < 4.78 is 6.97. The van der Waals surface area contributed by atoms with Gasteiger partial charge in [-0.3, -0.25) is 9.59 Å². The Kier molecular flexibility index (Phi) is 4.76. The molecule has 0 unspecified atom stereocenters. The van der Waals surface area contributed by atoms with Gasteiger partial charge in [0.05, 0.1) is 18.3 Å². The summed E-state index contributed by atoms with van der Waals surface area (Å²) in [6.07, 6.45) is 1.59. The lowest BCUT2D eigenvalue weighted by Gasteiger charge is -2.13. The Morgan fingerprint density at radius 1 is 1.20 bits per heavy atom. The number of aromatic nitrogens is 1. The van der Waals surface area contributed by atoms with Crippen molar-refractivity contribution in [3.63, 3.8) is 0 Å². The van der Waals surface area contributed by atoms with Crippen LogP contribution in [0.15, 0.2) is 53.5 Å².